The van der Waals surface area contributed by atoms with Crippen molar-refractivity contribution in [2.75, 3.05) is 11.5 Å². The first kappa shape index (κ1) is 13.4. The number of aromatic amines is 1. The average Bonchev–Trinajstić information content (AvgIpc) is 2.65. The number of hydrogen-bond donors (Lipinski definition) is 3. The molecule has 0 amide bonds. The van der Waals surface area contributed by atoms with E-state index in [9.17, 15) is 4.79 Å². The van der Waals surface area contributed by atoms with E-state index in [4.69, 9.17) is 39.4 Å². The minimum absolute atomic E-state index is 0.0514. The number of rotatable bonds is 3. The standard InChI is InChI=1S/C9H8Cl2N6O2/c10-3-1-4(14-6(3)11)7(18)19-2-5-15-8(12)17-9(13)16-5/h1,14H,2H2,(H4,12,13,15,16,17). The molecule has 100 valence electrons. The third-order valence-electron chi connectivity index (χ3n) is 1.99. The van der Waals surface area contributed by atoms with Crippen molar-refractivity contribution in [1.29, 1.82) is 0 Å². The Morgan fingerprint density at radius 3 is 2.42 bits per heavy atom. The monoisotopic (exact) mass is 302 g/mol. The minimum atomic E-state index is -0.661. The molecule has 0 unspecified atom stereocenters. The van der Waals surface area contributed by atoms with E-state index >= 15 is 0 Å². The third kappa shape index (κ3) is 3.24. The van der Waals surface area contributed by atoms with Crippen LogP contribution in [0.4, 0.5) is 11.9 Å². The summed E-state index contributed by atoms with van der Waals surface area (Å²) < 4.78 is 4.94. The lowest BCUT2D eigenvalue weighted by molar-refractivity contribution is 0.0456. The minimum Gasteiger partial charge on any atom is -0.453 e. The molecule has 19 heavy (non-hydrogen) atoms. The lowest BCUT2D eigenvalue weighted by Gasteiger charge is -2.03. The summed E-state index contributed by atoms with van der Waals surface area (Å²) in [5.74, 6) is -0.623. The molecule has 10 heteroatoms. The number of ether oxygens (including phenoxy) is 1. The predicted molar refractivity (Wildman–Crippen MR) is 68.6 cm³/mol. The van der Waals surface area contributed by atoms with Crippen LogP contribution in [0.25, 0.3) is 0 Å². The van der Waals surface area contributed by atoms with Gasteiger partial charge in [-0.25, -0.2) is 4.79 Å². The molecule has 0 aromatic carbocycles. The number of nitrogens with two attached hydrogens (primary N) is 2. The van der Waals surface area contributed by atoms with Crippen LogP contribution in [0.5, 0.6) is 0 Å². The van der Waals surface area contributed by atoms with E-state index in [0.717, 1.165) is 0 Å². The van der Waals surface area contributed by atoms with E-state index < -0.39 is 5.97 Å². The third-order valence-corrected chi connectivity index (χ3v) is 2.69. The van der Waals surface area contributed by atoms with Gasteiger partial charge in [0.2, 0.25) is 11.9 Å². The number of anilines is 2. The SMILES string of the molecule is Nc1nc(N)nc(COC(=O)c2cc(Cl)c(Cl)[nH]2)n1. The Hall–Kier alpha value is -2.06. The van der Waals surface area contributed by atoms with Crippen molar-refractivity contribution < 1.29 is 9.53 Å². The molecule has 0 fully saturated rings. The molecule has 2 aromatic rings. The number of nitrogens with zero attached hydrogens (tertiary/aromatic N) is 3. The number of nitrogen functional groups attached to an aromatic ring is 2. The molecule has 0 bridgehead atoms. The molecular weight excluding hydrogens is 295 g/mol. The van der Waals surface area contributed by atoms with Crippen LogP contribution in [0, 0.1) is 0 Å². The van der Waals surface area contributed by atoms with Crippen LogP contribution in [-0.2, 0) is 11.3 Å². The number of halogens is 2. The van der Waals surface area contributed by atoms with Crippen molar-refractivity contribution in [3.05, 3.63) is 27.8 Å². The fraction of sp³-hybridized carbons (Fsp3) is 0.111. The molecule has 0 saturated heterocycles. The molecule has 0 aliphatic carbocycles. The predicted octanol–water partition coefficient (Wildman–Crippen LogP) is 1.03. The Morgan fingerprint density at radius 2 is 1.89 bits per heavy atom. The Kier molecular flexibility index (Phi) is 3.72. The summed E-state index contributed by atoms with van der Waals surface area (Å²) in [4.78, 5) is 25.3. The van der Waals surface area contributed by atoms with E-state index in [1.165, 1.54) is 6.07 Å². The zero-order valence-electron chi connectivity index (χ0n) is 9.35. The molecule has 8 nitrogen and oxygen atoms in total. The highest BCUT2D eigenvalue weighted by Crippen LogP contribution is 2.22. The molecule has 0 radical (unpaired) electrons. The van der Waals surface area contributed by atoms with Gasteiger partial charge in [-0.2, -0.15) is 15.0 Å². The van der Waals surface area contributed by atoms with Gasteiger partial charge < -0.3 is 21.2 Å². The summed E-state index contributed by atoms with van der Waals surface area (Å²) in [7, 11) is 0. The summed E-state index contributed by atoms with van der Waals surface area (Å²) in [5, 5.41) is 0.379. The highest BCUT2D eigenvalue weighted by Gasteiger charge is 2.14. The maximum absolute atomic E-state index is 11.6. The normalized spacial score (nSPS) is 10.4. The second-order valence-corrected chi connectivity index (χ2v) is 4.17. The second kappa shape index (κ2) is 5.29. The van der Waals surface area contributed by atoms with E-state index in [1.54, 1.807) is 0 Å². The molecule has 0 spiro atoms. The maximum Gasteiger partial charge on any atom is 0.355 e. The van der Waals surface area contributed by atoms with Crippen molar-refractivity contribution in [3.63, 3.8) is 0 Å². The van der Waals surface area contributed by atoms with Crippen LogP contribution in [0.15, 0.2) is 6.07 Å². The van der Waals surface area contributed by atoms with Gasteiger partial charge in [0.1, 0.15) is 10.8 Å². The molecule has 2 rings (SSSR count). The fourth-order valence-corrected chi connectivity index (χ4v) is 1.56. The van der Waals surface area contributed by atoms with E-state index in [0.29, 0.717) is 0 Å². The molecule has 0 aliphatic heterocycles. The second-order valence-electron chi connectivity index (χ2n) is 3.39. The van der Waals surface area contributed by atoms with Crippen molar-refractivity contribution in [3.8, 4) is 0 Å². The van der Waals surface area contributed by atoms with Crippen molar-refractivity contribution in [2.24, 2.45) is 0 Å². The average molecular weight is 303 g/mol. The summed E-state index contributed by atoms with van der Waals surface area (Å²) in [5.41, 5.74) is 10.9. The first-order chi connectivity index (χ1) is 8.95. The van der Waals surface area contributed by atoms with E-state index in [-0.39, 0.29) is 40.2 Å². The van der Waals surface area contributed by atoms with Crippen molar-refractivity contribution >= 4 is 41.1 Å². The molecular formula is C9H8Cl2N6O2. The van der Waals surface area contributed by atoms with Gasteiger partial charge >= 0.3 is 5.97 Å². The molecule has 2 aromatic heterocycles. The summed E-state index contributed by atoms with van der Waals surface area (Å²) in [6.07, 6.45) is 0. The number of aromatic nitrogens is 4. The highest BCUT2D eigenvalue weighted by molar-refractivity contribution is 6.41. The fourth-order valence-electron chi connectivity index (χ4n) is 1.24. The van der Waals surface area contributed by atoms with Gasteiger partial charge in [-0.1, -0.05) is 23.2 Å². The van der Waals surface area contributed by atoms with Gasteiger partial charge in [0, 0.05) is 0 Å². The van der Waals surface area contributed by atoms with E-state index in [2.05, 4.69) is 19.9 Å². The van der Waals surface area contributed by atoms with Crippen LogP contribution < -0.4 is 11.5 Å². The number of carbonyl (C=O) groups is 1. The van der Waals surface area contributed by atoms with Gasteiger partial charge in [-0.3, -0.25) is 0 Å². The van der Waals surface area contributed by atoms with Crippen molar-refractivity contribution in [1.82, 2.24) is 19.9 Å². The van der Waals surface area contributed by atoms with Gasteiger partial charge in [0.15, 0.2) is 12.4 Å². The van der Waals surface area contributed by atoms with Crippen LogP contribution in [0.3, 0.4) is 0 Å². The van der Waals surface area contributed by atoms with Gasteiger partial charge in [0.25, 0.3) is 0 Å². The van der Waals surface area contributed by atoms with Gasteiger partial charge in [-0.05, 0) is 6.07 Å². The Labute approximate surface area is 117 Å². The van der Waals surface area contributed by atoms with Crippen LogP contribution in [0.1, 0.15) is 16.3 Å². The molecule has 0 aliphatic rings. The zero-order valence-corrected chi connectivity index (χ0v) is 10.9. The van der Waals surface area contributed by atoms with Gasteiger partial charge in [-0.15, -0.1) is 0 Å². The number of carbonyl (C=O) groups excluding carboxylic acids is 1. The van der Waals surface area contributed by atoms with Crippen LogP contribution in [-0.4, -0.2) is 25.9 Å². The number of nitrogens with one attached hydrogen (secondary N) is 1. The van der Waals surface area contributed by atoms with E-state index in [1.807, 2.05) is 0 Å². The molecule has 5 N–H and O–H groups in total. The quantitative estimate of drug-likeness (QED) is 0.721. The summed E-state index contributed by atoms with van der Waals surface area (Å²) in [6.45, 7) is -0.204. The Morgan fingerprint density at radius 1 is 1.26 bits per heavy atom. The summed E-state index contributed by atoms with van der Waals surface area (Å²) in [6, 6.07) is 1.35. The van der Waals surface area contributed by atoms with Crippen LogP contribution in [0.2, 0.25) is 10.2 Å². The number of hydrogen-bond acceptors (Lipinski definition) is 7. The first-order valence-electron chi connectivity index (χ1n) is 4.92. The Bertz CT molecular complexity index is 589. The van der Waals surface area contributed by atoms with Gasteiger partial charge in [0.05, 0.1) is 5.02 Å². The van der Waals surface area contributed by atoms with Crippen LogP contribution >= 0.6 is 23.2 Å². The summed E-state index contributed by atoms with van der Waals surface area (Å²) >= 11 is 11.4. The molecule has 2 heterocycles. The number of H-pyrrole nitrogens is 1. The highest BCUT2D eigenvalue weighted by atomic mass is 35.5. The maximum atomic E-state index is 11.6. The smallest absolute Gasteiger partial charge is 0.355 e. The topological polar surface area (TPSA) is 133 Å². The lowest BCUT2D eigenvalue weighted by Crippen LogP contribution is -2.11. The Balaban J connectivity index is 2.04. The number of esters is 1. The molecule has 0 saturated carbocycles. The lowest BCUT2D eigenvalue weighted by atomic mass is 10.4. The zero-order chi connectivity index (χ0) is 14.0. The first-order valence-corrected chi connectivity index (χ1v) is 5.68. The molecule has 0 atom stereocenters. The van der Waals surface area contributed by atoms with Crippen molar-refractivity contribution in [2.45, 2.75) is 6.61 Å². The largest absolute Gasteiger partial charge is 0.453 e.